The number of nitrogens with one attached hydrogen (secondary N) is 1. The van der Waals surface area contributed by atoms with Crippen molar-refractivity contribution in [3.8, 4) is 11.5 Å². The highest BCUT2D eigenvalue weighted by atomic mass is 35.5. The summed E-state index contributed by atoms with van der Waals surface area (Å²) in [7, 11) is 1.55. The molecule has 0 aliphatic heterocycles. The van der Waals surface area contributed by atoms with Crippen LogP contribution in [-0.4, -0.2) is 19.6 Å². The average Bonchev–Trinajstić information content (AvgIpc) is 2.53. The lowest BCUT2D eigenvalue weighted by atomic mass is 10.1. The molecule has 23 heavy (non-hydrogen) atoms. The summed E-state index contributed by atoms with van der Waals surface area (Å²) in [4.78, 5) is 12.0. The molecule has 0 radical (unpaired) electrons. The number of carbonyl (C=O) groups is 1. The van der Waals surface area contributed by atoms with Crippen LogP contribution in [-0.2, 0) is 4.79 Å². The van der Waals surface area contributed by atoms with E-state index in [1.54, 1.807) is 37.4 Å². The Morgan fingerprint density at radius 1 is 1.17 bits per heavy atom. The second kappa shape index (κ2) is 8.09. The third-order valence-electron chi connectivity index (χ3n) is 3.23. The van der Waals surface area contributed by atoms with Crippen LogP contribution in [0.15, 0.2) is 42.5 Å². The Labute approximate surface area is 145 Å². The Bertz CT molecular complexity index is 691. The van der Waals surface area contributed by atoms with Gasteiger partial charge in [0.1, 0.15) is 0 Å². The maximum atomic E-state index is 12.0. The zero-order chi connectivity index (χ0) is 16.8. The number of benzene rings is 2. The van der Waals surface area contributed by atoms with E-state index in [1.807, 2.05) is 19.1 Å². The van der Waals surface area contributed by atoms with Crippen LogP contribution < -0.4 is 14.8 Å². The Morgan fingerprint density at radius 2 is 1.87 bits per heavy atom. The lowest BCUT2D eigenvalue weighted by Gasteiger charge is -2.16. The summed E-state index contributed by atoms with van der Waals surface area (Å²) in [6.45, 7) is 1.73. The van der Waals surface area contributed by atoms with Crippen molar-refractivity contribution < 1.29 is 14.3 Å². The summed E-state index contributed by atoms with van der Waals surface area (Å²) in [5.74, 6) is 0.839. The molecule has 0 spiro atoms. The molecule has 1 unspecified atom stereocenters. The van der Waals surface area contributed by atoms with Crippen LogP contribution in [0.3, 0.4) is 0 Å². The van der Waals surface area contributed by atoms with Gasteiger partial charge in [0.05, 0.1) is 13.2 Å². The van der Waals surface area contributed by atoms with Crippen molar-refractivity contribution in [3.63, 3.8) is 0 Å². The first-order valence-corrected chi connectivity index (χ1v) is 7.77. The highest BCUT2D eigenvalue weighted by Gasteiger charge is 2.14. The zero-order valence-corrected chi connectivity index (χ0v) is 14.3. The Balaban J connectivity index is 1.94. The maximum absolute atomic E-state index is 12.0. The first kappa shape index (κ1) is 17.4. The van der Waals surface area contributed by atoms with Gasteiger partial charge in [0.2, 0.25) is 0 Å². The van der Waals surface area contributed by atoms with Gasteiger partial charge in [-0.2, -0.15) is 0 Å². The monoisotopic (exact) mass is 353 g/mol. The Kier molecular flexibility index (Phi) is 6.13. The molecule has 4 nitrogen and oxygen atoms in total. The van der Waals surface area contributed by atoms with Crippen molar-refractivity contribution in [2.24, 2.45) is 0 Å². The van der Waals surface area contributed by atoms with Crippen molar-refractivity contribution in [2.75, 3.05) is 13.7 Å². The van der Waals surface area contributed by atoms with E-state index in [4.69, 9.17) is 32.7 Å². The van der Waals surface area contributed by atoms with Crippen LogP contribution >= 0.6 is 23.2 Å². The first-order chi connectivity index (χ1) is 11.0. The van der Waals surface area contributed by atoms with Gasteiger partial charge in [-0.1, -0.05) is 41.4 Å². The van der Waals surface area contributed by atoms with E-state index in [-0.39, 0.29) is 18.6 Å². The van der Waals surface area contributed by atoms with E-state index in [9.17, 15) is 4.79 Å². The number of rotatable bonds is 6. The Hall–Kier alpha value is -1.91. The highest BCUT2D eigenvalue weighted by Crippen LogP contribution is 2.27. The summed E-state index contributed by atoms with van der Waals surface area (Å²) in [6.07, 6.45) is 0. The van der Waals surface area contributed by atoms with Crippen molar-refractivity contribution in [2.45, 2.75) is 13.0 Å². The molecule has 0 saturated carbocycles. The Morgan fingerprint density at radius 3 is 2.52 bits per heavy atom. The van der Waals surface area contributed by atoms with Crippen LogP contribution in [0.1, 0.15) is 18.5 Å². The second-order valence-corrected chi connectivity index (χ2v) is 5.74. The molecule has 2 rings (SSSR count). The number of amides is 1. The van der Waals surface area contributed by atoms with Gasteiger partial charge >= 0.3 is 0 Å². The van der Waals surface area contributed by atoms with E-state index in [2.05, 4.69) is 5.32 Å². The molecule has 0 bridgehead atoms. The van der Waals surface area contributed by atoms with Gasteiger partial charge in [-0.05, 0) is 36.8 Å². The van der Waals surface area contributed by atoms with Crippen molar-refractivity contribution in [1.29, 1.82) is 0 Å². The van der Waals surface area contributed by atoms with Crippen molar-refractivity contribution >= 4 is 29.1 Å². The molecule has 0 aromatic heterocycles. The quantitative estimate of drug-likeness (QED) is 0.843. The first-order valence-electron chi connectivity index (χ1n) is 7.01. The van der Waals surface area contributed by atoms with E-state index in [0.717, 1.165) is 5.56 Å². The van der Waals surface area contributed by atoms with Gasteiger partial charge in [-0.15, -0.1) is 0 Å². The summed E-state index contributed by atoms with van der Waals surface area (Å²) in [5.41, 5.74) is 0.793. The lowest BCUT2D eigenvalue weighted by Crippen LogP contribution is -2.31. The van der Waals surface area contributed by atoms with Crippen molar-refractivity contribution in [3.05, 3.63) is 58.1 Å². The van der Waals surface area contributed by atoms with E-state index in [1.165, 1.54) is 0 Å². The fourth-order valence-corrected chi connectivity index (χ4v) is 2.67. The van der Waals surface area contributed by atoms with Gasteiger partial charge < -0.3 is 14.8 Å². The topological polar surface area (TPSA) is 47.6 Å². The number of hydrogen-bond acceptors (Lipinski definition) is 3. The molecule has 122 valence electrons. The molecule has 1 atom stereocenters. The number of carbonyl (C=O) groups excluding carboxylic acids is 1. The molecule has 0 saturated heterocycles. The fourth-order valence-electron chi connectivity index (χ4n) is 2.09. The molecular weight excluding hydrogens is 337 g/mol. The number of para-hydroxylation sites is 2. The van der Waals surface area contributed by atoms with Crippen LogP contribution in [0.25, 0.3) is 0 Å². The molecule has 1 N–H and O–H groups in total. The third-order valence-corrected chi connectivity index (χ3v) is 3.80. The van der Waals surface area contributed by atoms with E-state index >= 15 is 0 Å². The smallest absolute Gasteiger partial charge is 0.258 e. The molecule has 0 fully saturated rings. The standard InChI is InChI=1S/C17H17Cl2NO3/c1-11(13-8-7-12(18)9-14(13)19)20-17(21)10-23-16-6-4-3-5-15(16)22-2/h3-9,11H,10H2,1-2H3,(H,20,21). The minimum absolute atomic E-state index is 0.115. The number of ether oxygens (including phenoxy) is 2. The van der Waals surface area contributed by atoms with Crippen LogP contribution in [0, 0.1) is 0 Å². The molecular formula is C17H17Cl2NO3. The van der Waals surface area contributed by atoms with Crippen LogP contribution in [0.4, 0.5) is 0 Å². The lowest BCUT2D eigenvalue weighted by molar-refractivity contribution is -0.123. The summed E-state index contributed by atoms with van der Waals surface area (Å²) >= 11 is 12.0. The minimum atomic E-state index is -0.256. The molecule has 2 aromatic rings. The molecule has 6 heteroatoms. The van der Waals surface area contributed by atoms with Gasteiger partial charge in [0.15, 0.2) is 18.1 Å². The normalized spacial score (nSPS) is 11.7. The second-order valence-electron chi connectivity index (χ2n) is 4.89. The average molecular weight is 354 g/mol. The van der Waals surface area contributed by atoms with Gasteiger partial charge in [-0.3, -0.25) is 4.79 Å². The molecule has 0 heterocycles. The SMILES string of the molecule is COc1ccccc1OCC(=O)NC(C)c1ccc(Cl)cc1Cl. The van der Waals surface area contributed by atoms with Crippen LogP contribution in [0.5, 0.6) is 11.5 Å². The molecule has 2 aromatic carbocycles. The maximum Gasteiger partial charge on any atom is 0.258 e. The number of methoxy groups -OCH3 is 1. The summed E-state index contributed by atoms with van der Waals surface area (Å²) in [6, 6.07) is 12.1. The zero-order valence-electron chi connectivity index (χ0n) is 12.8. The van der Waals surface area contributed by atoms with Crippen molar-refractivity contribution in [1.82, 2.24) is 5.32 Å². The van der Waals surface area contributed by atoms with Crippen LogP contribution in [0.2, 0.25) is 10.0 Å². The predicted molar refractivity (Wildman–Crippen MR) is 91.5 cm³/mol. The molecule has 1 amide bonds. The molecule has 0 aliphatic rings. The fraction of sp³-hybridized carbons (Fsp3) is 0.235. The predicted octanol–water partition coefficient (Wildman–Crippen LogP) is 4.26. The number of hydrogen-bond donors (Lipinski definition) is 1. The summed E-state index contributed by atoms with van der Waals surface area (Å²) < 4.78 is 10.7. The van der Waals surface area contributed by atoms with E-state index < -0.39 is 0 Å². The minimum Gasteiger partial charge on any atom is -0.493 e. The number of halogens is 2. The molecule has 0 aliphatic carbocycles. The van der Waals surface area contributed by atoms with E-state index in [0.29, 0.717) is 21.5 Å². The largest absolute Gasteiger partial charge is 0.493 e. The third kappa shape index (κ3) is 4.78. The highest BCUT2D eigenvalue weighted by molar-refractivity contribution is 6.35. The summed E-state index contributed by atoms with van der Waals surface area (Å²) in [5, 5.41) is 3.89. The van der Waals surface area contributed by atoms with Gasteiger partial charge in [0.25, 0.3) is 5.91 Å². The van der Waals surface area contributed by atoms with Gasteiger partial charge in [-0.25, -0.2) is 0 Å². The van der Waals surface area contributed by atoms with Gasteiger partial charge in [0, 0.05) is 10.0 Å².